The number of benzene rings is 8. The molecule has 8 aromatic carbocycles. The molecule has 0 aliphatic carbocycles. The van der Waals surface area contributed by atoms with E-state index in [9.17, 15) is 0 Å². The Bertz CT molecular complexity index is 2840. The fraction of sp³-hybridized carbons (Fsp3) is 0. The third kappa shape index (κ3) is 5.02. The summed E-state index contributed by atoms with van der Waals surface area (Å²) in [5, 5.41) is 8.16. The Morgan fingerprint density at radius 1 is 0.462 bits per heavy atom. The molecule has 0 atom stereocenters. The van der Waals surface area contributed by atoms with Gasteiger partial charge in [0.05, 0.1) is 11.0 Å². The van der Waals surface area contributed by atoms with Crippen LogP contribution in [0.4, 0.5) is 17.1 Å². The van der Waals surface area contributed by atoms with E-state index in [1.807, 2.05) is 0 Å². The molecule has 0 radical (unpaired) electrons. The minimum absolute atomic E-state index is 0.697. The highest BCUT2D eigenvalue weighted by molar-refractivity contribution is 6.69. The SMILES string of the molecule is Bc1c(B)c(B)c(N(c2ccccc2)c2cc(Cl)cc(-c3cc4c(c5ccccc35)c3c5ccccc5ccc3n4-c3ccccc3)c2)c(B)c1B. The van der Waals surface area contributed by atoms with E-state index in [1.165, 1.54) is 76.4 Å². The van der Waals surface area contributed by atoms with Crippen molar-refractivity contribution in [1.82, 2.24) is 4.57 Å². The summed E-state index contributed by atoms with van der Waals surface area (Å²) in [5.74, 6) is 0. The summed E-state index contributed by atoms with van der Waals surface area (Å²) in [7, 11) is 11.2. The average Bonchev–Trinajstić information content (AvgIpc) is 3.53. The van der Waals surface area contributed by atoms with Crippen molar-refractivity contribution in [1.29, 1.82) is 0 Å². The van der Waals surface area contributed by atoms with Crippen molar-refractivity contribution in [3.05, 3.63) is 151 Å². The zero-order valence-electron chi connectivity index (χ0n) is 30.1. The van der Waals surface area contributed by atoms with Gasteiger partial charge in [-0.25, -0.2) is 0 Å². The molecule has 0 fully saturated rings. The summed E-state index contributed by atoms with van der Waals surface area (Å²) >= 11 is 7.18. The van der Waals surface area contributed by atoms with Crippen molar-refractivity contribution in [3.63, 3.8) is 0 Å². The summed E-state index contributed by atoms with van der Waals surface area (Å²) in [6.45, 7) is 0. The number of anilines is 3. The molecule has 52 heavy (non-hydrogen) atoms. The van der Waals surface area contributed by atoms with E-state index in [2.05, 4.69) is 194 Å². The minimum Gasteiger partial charge on any atom is -0.312 e. The van der Waals surface area contributed by atoms with Crippen LogP contribution in [0.3, 0.4) is 0 Å². The van der Waals surface area contributed by atoms with Crippen molar-refractivity contribution in [2.24, 2.45) is 0 Å². The number of nitrogens with zero attached hydrogens (tertiary/aromatic N) is 2. The highest BCUT2D eigenvalue weighted by atomic mass is 35.5. The number of halogens is 1. The molecule has 8 heteroatoms. The Balaban J connectivity index is 1.38. The van der Waals surface area contributed by atoms with E-state index in [4.69, 9.17) is 11.6 Å². The van der Waals surface area contributed by atoms with Gasteiger partial charge in [-0.2, -0.15) is 0 Å². The van der Waals surface area contributed by atoms with Gasteiger partial charge in [0.15, 0.2) is 0 Å². The van der Waals surface area contributed by atoms with Crippen LogP contribution in [0.25, 0.3) is 60.2 Å². The van der Waals surface area contributed by atoms with Crippen LogP contribution in [-0.4, -0.2) is 43.8 Å². The maximum atomic E-state index is 7.18. The maximum absolute atomic E-state index is 7.18. The number of hydrogen-bond donors (Lipinski definition) is 0. The topological polar surface area (TPSA) is 8.17 Å². The van der Waals surface area contributed by atoms with Crippen LogP contribution in [0, 0.1) is 0 Å². The third-order valence-electron chi connectivity index (χ3n) is 11.3. The lowest BCUT2D eigenvalue weighted by Crippen LogP contribution is -2.56. The van der Waals surface area contributed by atoms with Crippen molar-refractivity contribution >= 4 is 139 Å². The molecule has 0 bridgehead atoms. The molecule has 0 saturated heterocycles. The lowest BCUT2D eigenvalue weighted by atomic mass is 9.61. The first-order valence-corrected chi connectivity index (χ1v) is 18.4. The van der Waals surface area contributed by atoms with Gasteiger partial charge in [-0.1, -0.05) is 124 Å². The molecule has 0 N–H and O–H groups in total. The first-order valence-electron chi connectivity index (χ1n) is 18.0. The van der Waals surface area contributed by atoms with Gasteiger partial charge in [0.1, 0.15) is 39.2 Å². The molecule has 0 amide bonds. The molecule has 1 aromatic heterocycles. The molecule has 0 spiro atoms. The summed E-state index contributed by atoms with van der Waals surface area (Å²) in [4.78, 5) is 2.40. The third-order valence-corrected chi connectivity index (χ3v) is 11.5. The number of rotatable bonds is 5. The standard InChI is InChI=1S/C44H34B5ClN2/c45-39-40(46)42(48)44(43(49)41(39)47)51(28-12-3-1-4-13-28)30-22-26(21-27(50)23-30)34-24-36-38(33-18-10-9-17-32(33)34)37-31-16-8-7-11-25(31)19-20-35(37)52(36)29-14-5-2-6-15-29/h1-24H,45-49H2. The molecule has 0 saturated carbocycles. The van der Waals surface area contributed by atoms with E-state index in [-0.39, 0.29) is 0 Å². The van der Waals surface area contributed by atoms with Gasteiger partial charge < -0.3 is 9.47 Å². The summed E-state index contributed by atoms with van der Waals surface area (Å²) < 4.78 is 2.43. The molecule has 1 heterocycles. The highest BCUT2D eigenvalue weighted by Crippen LogP contribution is 2.45. The molecule has 0 aliphatic heterocycles. The smallest absolute Gasteiger partial charge is 0.141 e. The lowest BCUT2D eigenvalue weighted by Gasteiger charge is -2.32. The Kier molecular flexibility index (Phi) is 7.86. The number of aromatic nitrogens is 1. The molecule has 242 valence electrons. The summed E-state index contributed by atoms with van der Waals surface area (Å²) in [6, 6.07) is 52.5. The van der Waals surface area contributed by atoms with E-state index in [0.29, 0.717) is 5.02 Å². The van der Waals surface area contributed by atoms with Crippen molar-refractivity contribution in [2.75, 3.05) is 4.90 Å². The molecule has 2 nitrogen and oxygen atoms in total. The maximum Gasteiger partial charge on any atom is 0.141 e. The van der Waals surface area contributed by atoms with Gasteiger partial charge in [0.25, 0.3) is 0 Å². The number of fused-ring (bicyclic) bond motifs is 7. The minimum atomic E-state index is 0.697. The fourth-order valence-corrected chi connectivity index (χ4v) is 8.62. The second-order valence-corrected chi connectivity index (χ2v) is 14.5. The average molecular weight is 680 g/mol. The van der Waals surface area contributed by atoms with Gasteiger partial charge in [0, 0.05) is 38.5 Å². The van der Waals surface area contributed by atoms with E-state index in [1.54, 1.807) is 0 Å². The summed E-state index contributed by atoms with van der Waals surface area (Å²) in [6.07, 6.45) is 0. The van der Waals surface area contributed by atoms with Crippen molar-refractivity contribution in [2.45, 2.75) is 0 Å². The number of para-hydroxylation sites is 2. The van der Waals surface area contributed by atoms with E-state index >= 15 is 0 Å². The largest absolute Gasteiger partial charge is 0.312 e. The Morgan fingerprint density at radius 2 is 1.04 bits per heavy atom. The van der Waals surface area contributed by atoms with E-state index in [0.717, 1.165) is 28.2 Å². The number of hydrogen-bond acceptors (Lipinski definition) is 1. The molecular weight excluding hydrogens is 646 g/mol. The molecule has 9 rings (SSSR count). The molecule has 0 aliphatic rings. The van der Waals surface area contributed by atoms with Crippen molar-refractivity contribution in [3.8, 4) is 16.8 Å². The van der Waals surface area contributed by atoms with Crippen LogP contribution in [-0.2, 0) is 0 Å². The second-order valence-electron chi connectivity index (χ2n) is 14.1. The van der Waals surface area contributed by atoms with Crippen LogP contribution in [0.2, 0.25) is 5.02 Å². The highest BCUT2D eigenvalue weighted by Gasteiger charge is 2.23. The Hall–Kier alpha value is -5.51. The lowest BCUT2D eigenvalue weighted by molar-refractivity contribution is 1.18. The monoisotopic (exact) mass is 680 g/mol. The van der Waals surface area contributed by atoms with Crippen molar-refractivity contribution < 1.29 is 0 Å². The van der Waals surface area contributed by atoms with Gasteiger partial charge in [-0.3, -0.25) is 0 Å². The van der Waals surface area contributed by atoms with Gasteiger partial charge in [-0.05, 0) is 87.3 Å². The van der Waals surface area contributed by atoms with E-state index < -0.39 is 0 Å². The fourth-order valence-electron chi connectivity index (χ4n) is 8.39. The second kappa shape index (κ2) is 12.6. The van der Waals surface area contributed by atoms with Gasteiger partial charge in [-0.15, -0.1) is 5.46 Å². The van der Waals surface area contributed by atoms with Gasteiger partial charge in [0.2, 0.25) is 0 Å². The quantitative estimate of drug-likeness (QED) is 0.248. The van der Waals surface area contributed by atoms with Crippen LogP contribution in [0.5, 0.6) is 0 Å². The normalized spacial score (nSPS) is 11.6. The first kappa shape index (κ1) is 32.4. The molecule has 0 unspecified atom stereocenters. The molecule has 9 aromatic rings. The van der Waals surface area contributed by atoms with Gasteiger partial charge >= 0.3 is 0 Å². The first-order chi connectivity index (χ1) is 25.3. The zero-order valence-corrected chi connectivity index (χ0v) is 30.9. The Morgan fingerprint density at radius 3 is 1.75 bits per heavy atom. The van der Waals surface area contributed by atoms with Crippen LogP contribution < -0.4 is 32.2 Å². The Labute approximate surface area is 314 Å². The summed E-state index contributed by atoms with van der Waals surface area (Å²) in [5.41, 5.74) is 15.6. The van der Waals surface area contributed by atoms with Crippen LogP contribution in [0.1, 0.15) is 0 Å². The zero-order chi connectivity index (χ0) is 35.7. The predicted molar refractivity (Wildman–Crippen MR) is 242 cm³/mol. The predicted octanol–water partition coefficient (Wildman–Crippen LogP) is 4.17. The van der Waals surface area contributed by atoms with Crippen LogP contribution >= 0.6 is 11.6 Å². The molecular formula is C44H34B5ClN2. The van der Waals surface area contributed by atoms with Crippen LogP contribution in [0.15, 0.2) is 146 Å².